The maximum absolute atomic E-state index is 12.6. The summed E-state index contributed by atoms with van der Waals surface area (Å²) in [5.74, 6) is 0.825. The molecule has 1 aliphatic heterocycles. The molecular formula is C15H28N2O2. The topological polar surface area (TPSA) is 49.4 Å². The Morgan fingerprint density at radius 1 is 1.26 bits per heavy atom. The van der Waals surface area contributed by atoms with E-state index in [1.165, 1.54) is 0 Å². The van der Waals surface area contributed by atoms with Gasteiger partial charge in [-0.2, -0.15) is 0 Å². The predicted octanol–water partition coefficient (Wildman–Crippen LogP) is 2.18. The molecule has 1 N–H and O–H groups in total. The summed E-state index contributed by atoms with van der Waals surface area (Å²) in [5.41, 5.74) is 0. The third-order valence-electron chi connectivity index (χ3n) is 4.00. The van der Waals surface area contributed by atoms with Gasteiger partial charge in [0.1, 0.15) is 6.04 Å². The van der Waals surface area contributed by atoms with Crippen molar-refractivity contribution in [3.63, 3.8) is 0 Å². The van der Waals surface area contributed by atoms with E-state index >= 15 is 0 Å². The molecule has 0 aliphatic carbocycles. The van der Waals surface area contributed by atoms with Crippen molar-refractivity contribution in [1.29, 1.82) is 0 Å². The Hall–Kier alpha value is -1.06. The number of carbonyl (C=O) groups is 2. The first-order chi connectivity index (χ1) is 8.86. The summed E-state index contributed by atoms with van der Waals surface area (Å²) in [4.78, 5) is 26.3. The Kier molecular flexibility index (Phi) is 5.83. The Morgan fingerprint density at radius 3 is 2.42 bits per heavy atom. The van der Waals surface area contributed by atoms with E-state index in [0.29, 0.717) is 18.9 Å². The van der Waals surface area contributed by atoms with Crippen LogP contribution in [0.1, 0.15) is 53.9 Å². The highest BCUT2D eigenvalue weighted by molar-refractivity contribution is 5.90. The lowest BCUT2D eigenvalue weighted by molar-refractivity contribution is -0.136. The molecule has 0 aromatic heterocycles. The average Bonchev–Trinajstić information content (AvgIpc) is 2.47. The van der Waals surface area contributed by atoms with Crippen molar-refractivity contribution in [3.8, 4) is 0 Å². The van der Waals surface area contributed by atoms with Crippen LogP contribution in [-0.2, 0) is 9.59 Å². The molecular weight excluding hydrogens is 240 g/mol. The van der Waals surface area contributed by atoms with Gasteiger partial charge in [-0.15, -0.1) is 0 Å². The maximum atomic E-state index is 12.6. The fraction of sp³-hybridized carbons (Fsp3) is 0.867. The summed E-state index contributed by atoms with van der Waals surface area (Å²) in [5, 5.41) is 2.89. The third-order valence-corrected chi connectivity index (χ3v) is 4.00. The lowest BCUT2D eigenvalue weighted by atomic mass is 9.96. The predicted molar refractivity (Wildman–Crippen MR) is 76.6 cm³/mol. The van der Waals surface area contributed by atoms with Crippen LogP contribution in [0.15, 0.2) is 0 Å². The van der Waals surface area contributed by atoms with Crippen LogP contribution in [0.25, 0.3) is 0 Å². The average molecular weight is 268 g/mol. The van der Waals surface area contributed by atoms with Crippen molar-refractivity contribution in [2.24, 2.45) is 11.8 Å². The van der Waals surface area contributed by atoms with Crippen LogP contribution in [-0.4, -0.2) is 35.3 Å². The molecule has 4 nitrogen and oxygen atoms in total. The van der Waals surface area contributed by atoms with E-state index < -0.39 is 0 Å². The Bertz CT molecular complexity index is 328. The molecule has 110 valence electrons. The molecule has 0 radical (unpaired) electrons. The molecule has 1 aliphatic rings. The summed E-state index contributed by atoms with van der Waals surface area (Å²) >= 11 is 0. The second-order valence-electron chi connectivity index (χ2n) is 6.19. The summed E-state index contributed by atoms with van der Waals surface area (Å²) in [6.45, 7) is 11.0. The summed E-state index contributed by atoms with van der Waals surface area (Å²) < 4.78 is 0. The number of rotatable bonds is 5. The van der Waals surface area contributed by atoms with Crippen molar-refractivity contribution in [3.05, 3.63) is 0 Å². The molecule has 3 atom stereocenters. The van der Waals surface area contributed by atoms with Gasteiger partial charge >= 0.3 is 0 Å². The molecule has 19 heavy (non-hydrogen) atoms. The van der Waals surface area contributed by atoms with Gasteiger partial charge in [0.2, 0.25) is 11.8 Å². The number of hydrogen-bond donors (Lipinski definition) is 1. The van der Waals surface area contributed by atoms with E-state index in [1.807, 2.05) is 11.8 Å². The highest BCUT2D eigenvalue weighted by Crippen LogP contribution is 2.19. The summed E-state index contributed by atoms with van der Waals surface area (Å²) in [6, 6.07) is -0.152. The molecule has 1 saturated heterocycles. The minimum Gasteiger partial charge on any atom is -0.344 e. The van der Waals surface area contributed by atoms with Crippen LogP contribution in [0, 0.1) is 11.8 Å². The van der Waals surface area contributed by atoms with Gasteiger partial charge in [0.15, 0.2) is 0 Å². The first-order valence-corrected chi connectivity index (χ1v) is 7.46. The standard InChI is InChI=1S/C15H28N2O2/c1-6-11(4)14-15(19)17(8-7-13(18)16-14)12(5)9-10(2)3/h10-12,14H,6-9H2,1-5H3,(H,16,18). The van der Waals surface area contributed by atoms with E-state index in [-0.39, 0.29) is 29.8 Å². The van der Waals surface area contributed by atoms with Gasteiger partial charge in [0, 0.05) is 19.0 Å². The van der Waals surface area contributed by atoms with Crippen LogP contribution < -0.4 is 5.32 Å². The highest BCUT2D eigenvalue weighted by Gasteiger charge is 2.34. The first kappa shape index (κ1) is 16.0. The molecule has 4 heteroatoms. The number of nitrogens with one attached hydrogen (secondary N) is 1. The van der Waals surface area contributed by atoms with Crippen LogP contribution in [0.3, 0.4) is 0 Å². The van der Waals surface area contributed by atoms with E-state index in [2.05, 4.69) is 33.0 Å². The van der Waals surface area contributed by atoms with E-state index in [1.54, 1.807) is 0 Å². The molecule has 2 amide bonds. The fourth-order valence-electron chi connectivity index (χ4n) is 2.69. The monoisotopic (exact) mass is 268 g/mol. The van der Waals surface area contributed by atoms with Gasteiger partial charge in [0.05, 0.1) is 0 Å². The minimum absolute atomic E-state index is 0.00195. The largest absolute Gasteiger partial charge is 0.344 e. The number of amides is 2. The van der Waals surface area contributed by atoms with Crippen molar-refractivity contribution >= 4 is 11.8 Å². The second-order valence-corrected chi connectivity index (χ2v) is 6.19. The molecule has 0 aromatic rings. The molecule has 1 fully saturated rings. The van der Waals surface area contributed by atoms with Crippen LogP contribution in [0.5, 0.6) is 0 Å². The fourth-order valence-corrected chi connectivity index (χ4v) is 2.69. The molecule has 0 bridgehead atoms. The minimum atomic E-state index is -0.352. The highest BCUT2D eigenvalue weighted by atomic mass is 16.2. The van der Waals surface area contributed by atoms with Gasteiger partial charge in [-0.25, -0.2) is 0 Å². The molecule has 0 spiro atoms. The van der Waals surface area contributed by atoms with E-state index in [0.717, 1.165) is 12.8 Å². The SMILES string of the molecule is CCC(C)C1NC(=O)CCN(C(C)CC(C)C)C1=O. The molecule has 1 rings (SSSR count). The third kappa shape index (κ3) is 4.22. The molecule has 0 aromatic carbocycles. The van der Waals surface area contributed by atoms with Gasteiger partial charge in [-0.1, -0.05) is 34.1 Å². The number of nitrogens with zero attached hydrogens (tertiary/aromatic N) is 1. The quantitative estimate of drug-likeness (QED) is 0.831. The normalized spacial score (nSPS) is 24.1. The molecule has 0 saturated carbocycles. The van der Waals surface area contributed by atoms with Crippen LogP contribution >= 0.6 is 0 Å². The van der Waals surface area contributed by atoms with E-state index in [9.17, 15) is 9.59 Å². The van der Waals surface area contributed by atoms with Crippen molar-refractivity contribution in [1.82, 2.24) is 10.2 Å². The number of carbonyl (C=O) groups excluding carboxylic acids is 2. The second kappa shape index (κ2) is 6.92. The Balaban J connectivity index is 2.86. The maximum Gasteiger partial charge on any atom is 0.245 e. The van der Waals surface area contributed by atoms with Crippen molar-refractivity contribution < 1.29 is 9.59 Å². The number of hydrogen-bond acceptors (Lipinski definition) is 2. The summed E-state index contributed by atoms with van der Waals surface area (Å²) in [7, 11) is 0. The zero-order valence-electron chi connectivity index (χ0n) is 12.9. The van der Waals surface area contributed by atoms with Crippen molar-refractivity contribution in [2.45, 2.75) is 66.0 Å². The Labute approximate surface area is 116 Å². The van der Waals surface area contributed by atoms with Crippen molar-refractivity contribution in [2.75, 3.05) is 6.54 Å². The lowest BCUT2D eigenvalue weighted by Crippen LogP contribution is -2.50. The Morgan fingerprint density at radius 2 is 1.89 bits per heavy atom. The zero-order valence-corrected chi connectivity index (χ0v) is 12.9. The van der Waals surface area contributed by atoms with Gasteiger partial charge in [0.25, 0.3) is 0 Å². The van der Waals surface area contributed by atoms with Crippen LogP contribution in [0.2, 0.25) is 0 Å². The van der Waals surface area contributed by atoms with Crippen LogP contribution in [0.4, 0.5) is 0 Å². The van der Waals surface area contributed by atoms with E-state index in [4.69, 9.17) is 0 Å². The molecule has 3 unspecified atom stereocenters. The smallest absolute Gasteiger partial charge is 0.245 e. The zero-order chi connectivity index (χ0) is 14.6. The lowest BCUT2D eigenvalue weighted by Gasteiger charge is -2.32. The van der Waals surface area contributed by atoms with Gasteiger partial charge in [-0.05, 0) is 25.2 Å². The summed E-state index contributed by atoms with van der Waals surface area (Å²) in [6.07, 6.45) is 2.29. The molecule has 1 heterocycles. The first-order valence-electron chi connectivity index (χ1n) is 7.46. The van der Waals surface area contributed by atoms with Gasteiger partial charge in [-0.3, -0.25) is 9.59 Å². The van der Waals surface area contributed by atoms with Gasteiger partial charge < -0.3 is 10.2 Å².